The minimum atomic E-state index is -1.16. The maximum atomic E-state index is 13.4. The molecule has 0 bridgehead atoms. The Balaban J connectivity index is 2.36. The maximum Gasteiger partial charge on any atom is 0.251 e. The Hall–Kier alpha value is -2.20. The first-order valence-electron chi connectivity index (χ1n) is 6.88. The smallest absolute Gasteiger partial charge is 0.251 e. The quantitative estimate of drug-likeness (QED) is 0.939. The maximum absolute atomic E-state index is 13.4. The standard InChI is InChI=1S/C17H19FN2O/c1-3-20(15-11-7-10-14(18)12-15)16(21)17(2,19)13-8-5-4-6-9-13/h4-12H,3,19H2,1-2H3. The van der Waals surface area contributed by atoms with E-state index >= 15 is 0 Å². The number of benzene rings is 2. The van der Waals surface area contributed by atoms with Gasteiger partial charge in [0.15, 0.2) is 0 Å². The summed E-state index contributed by atoms with van der Waals surface area (Å²) in [5.41, 5.74) is 6.32. The van der Waals surface area contributed by atoms with Crippen LogP contribution in [-0.4, -0.2) is 12.5 Å². The van der Waals surface area contributed by atoms with Crippen LogP contribution in [0.1, 0.15) is 19.4 Å². The highest BCUT2D eigenvalue weighted by atomic mass is 19.1. The van der Waals surface area contributed by atoms with Crippen LogP contribution < -0.4 is 10.6 Å². The predicted molar refractivity (Wildman–Crippen MR) is 82.4 cm³/mol. The van der Waals surface area contributed by atoms with Crippen LogP contribution in [0.25, 0.3) is 0 Å². The van der Waals surface area contributed by atoms with Crippen LogP contribution >= 0.6 is 0 Å². The molecule has 0 aliphatic carbocycles. The van der Waals surface area contributed by atoms with E-state index in [2.05, 4.69) is 0 Å². The lowest BCUT2D eigenvalue weighted by molar-refractivity contribution is -0.123. The molecular weight excluding hydrogens is 267 g/mol. The molecule has 0 aliphatic rings. The summed E-state index contributed by atoms with van der Waals surface area (Å²) in [6, 6.07) is 15.1. The number of hydrogen-bond acceptors (Lipinski definition) is 2. The highest BCUT2D eigenvalue weighted by Crippen LogP contribution is 2.24. The lowest BCUT2D eigenvalue weighted by Gasteiger charge is -2.31. The molecule has 4 heteroatoms. The second-order valence-corrected chi connectivity index (χ2v) is 5.10. The Labute approximate surface area is 124 Å². The molecule has 0 heterocycles. The first-order valence-corrected chi connectivity index (χ1v) is 6.88. The number of carbonyl (C=O) groups excluding carboxylic acids is 1. The van der Waals surface area contributed by atoms with Gasteiger partial charge >= 0.3 is 0 Å². The van der Waals surface area contributed by atoms with E-state index in [9.17, 15) is 9.18 Å². The number of halogens is 1. The van der Waals surface area contributed by atoms with Crippen molar-refractivity contribution in [3.05, 3.63) is 66.0 Å². The fourth-order valence-electron chi connectivity index (χ4n) is 2.28. The summed E-state index contributed by atoms with van der Waals surface area (Å²) in [7, 11) is 0. The fourth-order valence-corrected chi connectivity index (χ4v) is 2.28. The van der Waals surface area contributed by atoms with Gasteiger partial charge in [-0.05, 0) is 37.6 Å². The third kappa shape index (κ3) is 3.11. The van der Waals surface area contributed by atoms with Crippen molar-refractivity contribution in [2.75, 3.05) is 11.4 Å². The van der Waals surface area contributed by atoms with E-state index in [-0.39, 0.29) is 11.7 Å². The van der Waals surface area contributed by atoms with Crippen molar-refractivity contribution in [3.63, 3.8) is 0 Å². The zero-order valence-corrected chi connectivity index (χ0v) is 12.2. The Bertz CT molecular complexity index is 626. The number of amides is 1. The number of rotatable bonds is 4. The van der Waals surface area contributed by atoms with Crippen molar-refractivity contribution in [2.45, 2.75) is 19.4 Å². The molecule has 3 nitrogen and oxygen atoms in total. The Kier molecular flexibility index (Phi) is 4.38. The number of hydrogen-bond donors (Lipinski definition) is 1. The molecule has 1 amide bonds. The predicted octanol–water partition coefficient (Wildman–Crippen LogP) is 3.05. The van der Waals surface area contributed by atoms with Crippen LogP contribution in [0.2, 0.25) is 0 Å². The molecule has 0 aliphatic heterocycles. The lowest BCUT2D eigenvalue weighted by atomic mass is 9.91. The minimum absolute atomic E-state index is 0.262. The summed E-state index contributed by atoms with van der Waals surface area (Å²) in [4.78, 5) is 14.3. The average Bonchev–Trinajstić information content (AvgIpc) is 2.49. The molecular formula is C17H19FN2O. The molecule has 2 aromatic rings. The van der Waals surface area contributed by atoms with Crippen molar-refractivity contribution >= 4 is 11.6 Å². The molecule has 0 saturated heterocycles. The van der Waals surface area contributed by atoms with Crippen LogP contribution in [0.3, 0.4) is 0 Å². The molecule has 1 atom stereocenters. The van der Waals surface area contributed by atoms with Crippen LogP contribution in [0.5, 0.6) is 0 Å². The number of likely N-dealkylation sites (N-methyl/N-ethyl adjacent to an activating group) is 1. The molecule has 2 N–H and O–H groups in total. The summed E-state index contributed by atoms with van der Waals surface area (Å²) in [6.45, 7) is 3.93. The Morgan fingerprint density at radius 1 is 1.19 bits per heavy atom. The number of carbonyl (C=O) groups is 1. The lowest BCUT2D eigenvalue weighted by Crippen LogP contribution is -2.51. The topological polar surface area (TPSA) is 46.3 Å². The fraction of sp³-hybridized carbons (Fsp3) is 0.235. The van der Waals surface area contributed by atoms with Crippen molar-refractivity contribution < 1.29 is 9.18 Å². The zero-order chi connectivity index (χ0) is 15.5. The minimum Gasteiger partial charge on any atom is -0.314 e. The summed E-state index contributed by atoms with van der Waals surface area (Å²) in [5, 5.41) is 0. The van der Waals surface area contributed by atoms with E-state index in [4.69, 9.17) is 5.73 Å². The van der Waals surface area contributed by atoms with Gasteiger partial charge in [0.2, 0.25) is 0 Å². The molecule has 110 valence electrons. The molecule has 21 heavy (non-hydrogen) atoms. The summed E-state index contributed by atoms with van der Waals surface area (Å²) in [6.07, 6.45) is 0. The third-order valence-electron chi connectivity index (χ3n) is 3.50. The van der Waals surface area contributed by atoms with Crippen molar-refractivity contribution in [1.29, 1.82) is 0 Å². The Morgan fingerprint density at radius 2 is 1.86 bits per heavy atom. The van der Waals surface area contributed by atoms with Gasteiger partial charge in [-0.15, -0.1) is 0 Å². The second kappa shape index (κ2) is 6.06. The highest BCUT2D eigenvalue weighted by molar-refractivity contribution is 6.00. The molecule has 1 unspecified atom stereocenters. The molecule has 0 fully saturated rings. The number of nitrogens with two attached hydrogens (primary N) is 1. The summed E-state index contributed by atoms with van der Waals surface area (Å²) >= 11 is 0. The first-order chi connectivity index (χ1) is 9.96. The molecule has 0 saturated carbocycles. The molecule has 0 spiro atoms. The molecule has 2 rings (SSSR count). The van der Waals surface area contributed by atoms with Gasteiger partial charge in [0.25, 0.3) is 5.91 Å². The third-order valence-corrected chi connectivity index (χ3v) is 3.50. The van der Waals surface area contributed by atoms with Gasteiger partial charge in [-0.2, -0.15) is 0 Å². The van der Waals surface area contributed by atoms with Gasteiger partial charge in [0, 0.05) is 12.2 Å². The average molecular weight is 286 g/mol. The first kappa shape index (κ1) is 15.2. The van der Waals surface area contributed by atoms with Crippen molar-refractivity contribution in [3.8, 4) is 0 Å². The number of nitrogens with zero attached hydrogens (tertiary/aromatic N) is 1. The van der Waals surface area contributed by atoms with Gasteiger partial charge in [0.05, 0.1) is 0 Å². The van der Waals surface area contributed by atoms with E-state index in [0.29, 0.717) is 12.2 Å². The van der Waals surface area contributed by atoms with Gasteiger partial charge < -0.3 is 10.6 Å². The summed E-state index contributed by atoms with van der Waals surface area (Å²) < 4.78 is 13.4. The van der Waals surface area contributed by atoms with E-state index in [1.54, 1.807) is 19.1 Å². The van der Waals surface area contributed by atoms with E-state index in [1.807, 2.05) is 37.3 Å². The zero-order valence-electron chi connectivity index (χ0n) is 12.2. The normalized spacial score (nSPS) is 13.5. The molecule has 2 aromatic carbocycles. The van der Waals surface area contributed by atoms with Crippen LogP contribution in [0.15, 0.2) is 54.6 Å². The van der Waals surface area contributed by atoms with E-state index in [0.717, 1.165) is 5.56 Å². The van der Waals surface area contributed by atoms with Crippen LogP contribution in [0, 0.1) is 5.82 Å². The largest absolute Gasteiger partial charge is 0.314 e. The van der Waals surface area contributed by atoms with E-state index in [1.165, 1.54) is 17.0 Å². The molecule has 0 radical (unpaired) electrons. The second-order valence-electron chi connectivity index (χ2n) is 5.10. The monoisotopic (exact) mass is 286 g/mol. The number of anilines is 1. The summed E-state index contributed by atoms with van der Waals surface area (Å²) in [5.74, 6) is -0.640. The van der Waals surface area contributed by atoms with Gasteiger partial charge in [-0.3, -0.25) is 4.79 Å². The van der Waals surface area contributed by atoms with Gasteiger partial charge in [-0.1, -0.05) is 36.4 Å². The van der Waals surface area contributed by atoms with Crippen molar-refractivity contribution in [1.82, 2.24) is 0 Å². The van der Waals surface area contributed by atoms with Gasteiger partial charge in [0.1, 0.15) is 11.4 Å². The van der Waals surface area contributed by atoms with Crippen LogP contribution in [-0.2, 0) is 10.3 Å². The van der Waals surface area contributed by atoms with Gasteiger partial charge in [-0.25, -0.2) is 4.39 Å². The molecule has 0 aromatic heterocycles. The van der Waals surface area contributed by atoms with Crippen molar-refractivity contribution in [2.24, 2.45) is 5.73 Å². The Morgan fingerprint density at radius 3 is 2.43 bits per heavy atom. The van der Waals surface area contributed by atoms with E-state index < -0.39 is 5.54 Å². The SMILES string of the molecule is CCN(C(=O)C(C)(N)c1ccccc1)c1cccc(F)c1. The highest BCUT2D eigenvalue weighted by Gasteiger charge is 2.34. The van der Waals surface area contributed by atoms with Crippen LogP contribution in [0.4, 0.5) is 10.1 Å².